The highest BCUT2D eigenvalue weighted by molar-refractivity contribution is 5.79. The lowest BCUT2D eigenvalue weighted by Gasteiger charge is -2.12. The van der Waals surface area contributed by atoms with E-state index in [-0.39, 0.29) is 0 Å². The first-order chi connectivity index (χ1) is 10.5. The number of nitrogens with zero attached hydrogens (tertiary/aromatic N) is 2. The number of hydrogen-bond acceptors (Lipinski definition) is 4. The van der Waals surface area contributed by atoms with Gasteiger partial charge in [0.1, 0.15) is 5.76 Å². The first kappa shape index (κ1) is 18.5. The zero-order valence-corrected chi connectivity index (χ0v) is 14.5. The minimum atomic E-state index is 0.687. The zero-order valence-electron chi connectivity index (χ0n) is 14.5. The second kappa shape index (κ2) is 10.2. The van der Waals surface area contributed by atoms with Crippen molar-refractivity contribution < 1.29 is 9.26 Å². The van der Waals surface area contributed by atoms with Gasteiger partial charge in [-0.15, -0.1) is 0 Å². The molecule has 1 rings (SSSR count). The van der Waals surface area contributed by atoms with E-state index >= 15 is 0 Å². The number of nitrogens with one attached hydrogen (secondary N) is 2. The topological polar surface area (TPSA) is 71.7 Å². The van der Waals surface area contributed by atoms with Gasteiger partial charge in [-0.2, -0.15) is 0 Å². The largest absolute Gasteiger partial charge is 0.380 e. The van der Waals surface area contributed by atoms with Crippen LogP contribution in [0.1, 0.15) is 37.3 Å². The second-order valence-electron chi connectivity index (χ2n) is 5.77. The maximum Gasteiger partial charge on any atom is 0.191 e. The summed E-state index contributed by atoms with van der Waals surface area (Å²) >= 11 is 0. The quantitative estimate of drug-likeness (QED) is 0.415. The van der Waals surface area contributed by atoms with E-state index in [1.807, 2.05) is 13.8 Å². The molecule has 0 fully saturated rings. The normalized spacial score (nSPS) is 12.0. The Bertz CT molecular complexity index is 435. The molecule has 0 aliphatic rings. The van der Waals surface area contributed by atoms with Gasteiger partial charge >= 0.3 is 0 Å². The second-order valence-corrected chi connectivity index (χ2v) is 5.77. The minimum absolute atomic E-state index is 0.687. The summed E-state index contributed by atoms with van der Waals surface area (Å²) in [6.07, 6.45) is 1.97. The van der Waals surface area contributed by atoms with E-state index in [0.717, 1.165) is 50.0 Å². The zero-order chi connectivity index (χ0) is 16.4. The summed E-state index contributed by atoms with van der Waals surface area (Å²) in [5, 5.41) is 10.5. The highest BCUT2D eigenvalue weighted by atomic mass is 16.5. The van der Waals surface area contributed by atoms with E-state index in [0.29, 0.717) is 12.5 Å². The molecule has 126 valence electrons. The van der Waals surface area contributed by atoms with Crippen LogP contribution >= 0.6 is 0 Å². The lowest BCUT2D eigenvalue weighted by molar-refractivity contribution is 0.128. The number of ether oxygens (including phenoxy) is 1. The van der Waals surface area contributed by atoms with E-state index in [1.54, 1.807) is 7.05 Å². The van der Waals surface area contributed by atoms with E-state index in [9.17, 15) is 0 Å². The van der Waals surface area contributed by atoms with Gasteiger partial charge in [0, 0.05) is 32.3 Å². The SMILES string of the molecule is CN=C(NCCOCCC(C)C)NCCc1c(C)noc1C. The average Bonchev–Trinajstić information content (AvgIpc) is 2.80. The van der Waals surface area contributed by atoms with Crippen molar-refractivity contribution in [2.45, 2.75) is 40.5 Å². The van der Waals surface area contributed by atoms with Gasteiger partial charge < -0.3 is 19.9 Å². The molecule has 0 unspecified atom stereocenters. The molecule has 1 aromatic heterocycles. The van der Waals surface area contributed by atoms with Crippen LogP contribution in [0, 0.1) is 19.8 Å². The molecule has 0 aliphatic heterocycles. The van der Waals surface area contributed by atoms with Crippen LogP contribution in [0.3, 0.4) is 0 Å². The van der Waals surface area contributed by atoms with E-state index in [4.69, 9.17) is 9.26 Å². The van der Waals surface area contributed by atoms with Gasteiger partial charge in [-0.05, 0) is 32.6 Å². The molecule has 0 aromatic carbocycles. The van der Waals surface area contributed by atoms with Crippen molar-refractivity contribution >= 4 is 5.96 Å². The summed E-state index contributed by atoms with van der Waals surface area (Å²) < 4.78 is 10.7. The van der Waals surface area contributed by atoms with Crippen molar-refractivity contribution in [3.05, 3.63) is 17.0 Å². The van der Waals surface area contributed by atoms with Gasteiger partial charge in [0.05, 0.1) is 12.3 Å². The molecule has 0 saturated carbocycles. The maximum absolute atomic E-state index is 5.57. The van der Waals surface area contributed by atoms with Crippen molar-refractivity contribution in [2.24, 2.45) is 10.9 Å². The van der Waals surface area contributed by atoms with E-state index < -0.39 is 0 Å². The van der Waals surface area contributed by atoms with Gasteiger partial charge in [-0.1, -0.05) is 19.0 Å². The third kappa shape index (κ3) is 6.93. The van der Waals surface area contributed by atoms with Crippen molar-refractivity contribution in [2.75, 3.05) is 33.4 Å². The van der Waals surface area contributed by atoms with Crippen molar-refractivity contribution in [3.63, 3.8) is 0 Å². The van der Waals surface area contributed by atoms with Crippen LogP contribution in [0.2, 0.25) is 0 Å². The Labute approximate surface area is 133 Å². The number of hydrogen-bond donors (Lipinski definition) is 2. The van der Waals surface area contributed by atoms with E-state index in [2.05, 4.69) is 34.6 Å². The number of aromatic nitrogens is 1. The van der Waals surface area contributed by atoms with Crippen LogP contribution < -0.4 is 10.6 Å². The maximum atomic E-state index is 5.57. The molecule has 0 radical (unpaired) electrons. The molecule has 0 bridgehead atoms. The average molecular weight is 310 g/mol. The summed E-state index contributed by atoms with van der Waals surface area (Å²) in [4.78, 5) is 4.20. The first-order valence-electron chi connectivity index (χ1n) is 7.98. The van der Waals surface area contributed by atoms with Crippen LogP contribution in [-0.2, 0) is 11.2 Å². The van der Waals surface area contributed by atoms with E-state index in [1.165, 1.54) is 5.56 Å². The van der Waals surface area contributed by atoms with Gasteiger partial charge in [-0.25, -0.2) is 0 Å². The molecule has 0 amide bonds. The predicted molar refractivity (Wildman–Crippen MR) is 89.3 cm³/mol. The summed E-state index contributed by atoms with van der Waals surface area (Å²) in [7, 11) is 1.77. The molecule has 0 spiro atoms. The van der Waals surface area contributed by atoms with Crippen LogP contribution in [0.4, 0.5) is 0 Å². The van der Waals surface area contributed by atoms with Crippen LogP contribution in [-0.4, -0.2) is 44.5 Å². The highest BCUT2D eigenvalue weighted by Gasteiger charge is 2.08. The number of rotatable bonds is 9. The van der Waals surface area contributed by atoms with Gasteiger partial charge in [0.15, 0.2) is 5.96 Å². The molecular formula is C16H30N4O2. The number of aryl methyl sites for hydroxylation is 2. The first-order valence-corrected chi connectivity index (χ1v) is 7.98. The number of aliphatic imine (C=N–C) groups is 1. The summed E-state index contributed by atoms with van der Waals surface area (Å²) in [5.74, 6) is 2.37. The monoisotopic (exact) mass is 310 g/mol. The fourth-order valence-electron chi connectivity index (χ4n) is 2.05. The summed E-state index contributed by atoms with van der Waals surface area (Å²) in [5.41, 5.74) is 2.13. The fraction of sp³-hybridized carbons (Fsp3) is 0.750. The van der Waals surface area contributed by atoms with Crippen molar-refractivity contribution in [3.8, 4) is 0 Å². The predicted octanol–water partition coefficient (Wildman–Crippen LogP) is 2.06. The van der Waals surface area contributed by atoms with Gasteiger partial charge in [0.2, 0.25) is 0 Å². The Hall–Kier alpha value is -1.56. The molecule has 1 aromatic rings. The lowest BCUT2D eigenvalue weighted by atomic mass is 10.1. The smallest absolute Gasteiger partial charge is 0.191 e. The molecular weight excluding hydrogens is 280 g/mol. The number of guanidine groups is 1. The molecule has 1 heterocycles. The van der Waals surface area contributed by atoms with Crippen molar-refractivity contribution in [1.82, 2.24) is 15.8 Å². The van der Waals surface area contributed by atoms with Crippen LogP contribution in [0.5, 0.6) is 0 Å². The van der Waals surface area contributed by atoms with Crippen LogP contribution in [0.25, 0.3) is 0 Å². The molecule has 0 aliphatic carbocycles. The minimum Gasteiger partial charge on any atom is -0.380 e. The van der Waals surface area contributed by atoms with Gasteiger partial charge in [-0.3, -0.25) is 4.99 Å². The standard InChI is InChI=1S/C16H30N4O2/c1-12(2)7-10-21-11-9-19-16(17-5)18-8-6-15-13(3)20-22-14(15)4/h12H,6-11H2,1-5H3,(H2,17,18,19). The molecule has 0 atom stereocenters. The molecule has 2 N–H and O–H groups in total. The Morgan fingerprint density at radius 3 is 2.55 bits per heavy atom. The Kier molecular flexibility index (Phi) is 8.58. The van der Waals surface area contributed by atoms with Crippen LogP contribution in [0.15, 0.2) is 9.52 Å². The Balaban J connectivity index is 2.15. The molecule has 0 saturated heterocycles. The molecule has 6 heteroatoms. The summed E-state index contributed by atoms with van der Waals surface area (Å²) in [6.45, 7) is 11.4. The van der Waals surface area contributed by atoms with Crippen molar-refractivity contribution in [1.29, 1.82) is 0 Å². The third-order valence-electron chi connectivity index (χ3n) is 3.45. The highest BCUT2D eigenvalue weighted by Crippen LogP contribution is 2.11. The molecule has 6 nitrogen and oxygen atoms in total. The molecule has 22 heavy (non-hydrogen) atoms. The summed E-state index contributed by atoms with van der Waals surface area (Å²) in [6, 6.07) is 0. The Morgan fingerprint density at radius 1 is 1.23 bits per heavy atom. The fourth-order valence-corrected chi connectivity index (χ4v) is 2.05. The van der Waals surface area contributed by atoms with Gasteiger partial charge in [0.25, 0.3) is 0 Å². The Morgan fingerprint density at radius 2 is 1.95 bits per heavy atom. The third-order valence-corrected chi connectivity index (χ3v) is 3.45. The lowest BCUT2D eigenvalue weighted by Crippen LogP contribution is -2.39.